The van der Waals surface area contributed by atoms with E-state index in [2.05, 4.69) is 109 Å². The molecular formula is C30H42NSi+. The molecule has 0 N–H and O–H groups in total. The van der Waals surface area contributed by atoms with Gasteiger partial charge in [-0.3, -0.25) is 0 Å². The van der Waals surface area contributed by atoms with Gasteiger partial charge in [0, 0.05) is 6.07 Å². The molecule has 2 heterocycles. The molecule has 1 nitrogen and oxygen atoms in total. The van der Waals surface area contributed by atoms with Gasteiger partial charge in [0.15, 0.2) is 6.20 Å². The summed E-state index contributed by atoms with van der Waals surface area (Å²) >= 11 is 0. The number of hydrogen-bond donors (Lipinski definition) is 0. The molecule has 4 rings (SSSR count). The quantitative estimate of drug-likeness (QED) is 0.288. The number of hydrogen-bond acceptors (Lipinski definition) is 0. The van der Waals surface area contributed by atoms with E-state index in [-0.39, 0.29) is 10.8 Å². The molecule has 2 heteroatoms. The van der Waals surface area contributed by atoms with E-state index in [0.717, 1.165) is 0 Å². The Bertz CT molecular complexity index is 1170. The summed E-state index contributed by atoms with van der Waals surface area (Å²) in [6, 6.07) is 17.6. The molecule has 0 aliphatic carbocycles. The molecule has 0 atom stereocenters. The second-order valence-electron chi connectivity index (χ2n) is 12.5. The first-order valence-corrected chi connectivity index (χ1v) is 15.3. The highest BCUT2D eigenvalue weighted by molar-refractivity contribution is 6.91. The van der Waals surface area contributed by atoms with Crippen molar-refractivity contribution < 1.29 is 4.57 Å². The van der Waals surface area contributed by atoms with Crippen molar-refractivity contribution in [3.63, 3.8) is 0 Å². The van der Waals surface area contributed by atoms with Crippen molar-refractivity contribution in [2.45, 2.75) is 90.8 Å². The summed E-state index contributed by atoms with van der Waals surface area (Å²) in [5.74, 6) is 0. The van der Waals surface area contributed by atoms with E-state index in [4.69, 9.17) is 0 Å². The van der Waals surface area contributed by atoms with E-state index in [1.165, 1.54) is 63.7 Å². The number of rotatable bonds is 2. The van der Waals surface area contributed by atoms with Crippen LogP contribution in [0.4, 0.5) is 0 Å². The van der Waals surface area contributed by atoms with Gasteiger partial charge in [-0.25, -0.2) is 4.57 Å². The minimum Gasteiger partial charge on any atom is -0.200 e. The summed E-state index contributed by atoms with van der Waals surface area (Å²) in [5.41, 5.74) is 7.24. The van der Waals surface area contributed by atoms with Crippen molar-refractivity contribution in [2.24, 2.45) is 7.05 Å². The topological polar surface area (TPSA) is 3.88 Å². The van der Waals surface area contributed by atoms with Gasteiger partial charge in [0.05, 0.1) is 19.0 Å². The zero-order chi connectivity index (χ0) is 23.5. The number of aromatic nitrogens is 1. The zero-order valence-electron chi connectivity index (χ0n) is 21.8. The Morgan fingerprint density at radius 2 is 1.50 bits per heavy atom. The minimum atomic E-state index is -1.28. The van der Waals surface area contributed by atoms with Gasteiger partial charge in [-0.05, 0) is 52.0 Å². The summed E-state index contributed by atoms with van der Waals surface area (Å²) in [7, 11) is 0.929. The van der Waals surface area contributed by atoms with Crippen molar-refractivity contribution in [3.05, 3.63) is 59.3 Å². The molecule has 0 saturated carbocycles. The van der Waals surface area contributed by atoms with Gasteiger partial charge in [0.1, 0.15) is 7.05 Å². The lowest BCUT2D eigenvalue weighted by molar-refractivity contribution is -0.659. The Hall–Kier alpha value is -1.93. The van der Waals surface area contributed by atoms with Crippen LogP contribution in [0.1, 0.15) is 71.1 Å². The average molecular weight is 445 g/mol. The first-order chi connectivity index (χ1) is 14.8. The Balaban J connectivity index is 2.00. The predicted molar refractivity (Wildman–Crippen MR) is 143 cm³/mol. The fourth-order valence-corrected chi connectivity index (χ4v) is 9.58. The fraction of sp³-hybridized carbons (Fsp3) is 0.500. The zero-order valence-corrected chi connectivity index (χ0v) is 22.8. The minimum absolute atomic E-state index is 0.110. The molecular weight excluding hydrogens is 402 g/mol. The standard InChI is InChI=1S/C30H42NSi/c1-21-26(19-23(29(2,3)4)20-27(21)30(5,6)7)28-25-13-12-24(32(9)16-10-11-17-32)18-22(25)14-15-31(28)8/h12-15,18-20H,10-11,16-17H2,1-9H3/q+1. The number of aryl methyl sites for hydroxylation is 1. The van der Waals surface area contributed by atoms with Crippen molar-refractivity contribution >= 4 is 24.0 Å². The maximum Gasteiger partial charge on any atom is 0.220 e. The first-order valence-electron chi connectivity index (χ1n) is 12.4. The fourth-order valence-electron chi connectivity index (χ4n) is 5.70. The Labute approximate surface area is 196 Å². The predicted octanol–water partition coefficient (Wildman–Crippen LogP) is 7.31. The molecule has 0 unspecified atom stereocenters. The van der Waals surface area contributed by atoms with Crippen LogP contribution >= 0.6 is 0 Å². The maximum atomic E-state index is 2.59. The van der Waals surface area contributed by atoms with Gasteiger partial charge >= 0.3 is 0 Å². The van der Waals surface area contributed by atoms with Gasteiger partial charge < -0.3 is 0 Å². The van der Waals surface area contributed by atoms with E-state index in [9.17, 15) is 0 Å². The van der Waals surface area contributed by atoms with Gasteiger partial charge in [0.25, 0.3) is 0 Å². The van der Waals surface area contributed by atoms with Crippen LogP contribution in [0.15, 0.2) is 42.6 Å². The second-order valence-corrected chi connectivity index (χ2v) is 17.2. The largest absolute Gasteiger partial charge is 0.220 e. The van der Waals surface area contributed by atoms with E-state index >= 15 is 0 Å². The van der Waals surface area contributed by atoms with Crippen molar-refractivity contribution in [3.8, 4) is 11.3 Å². The molecule has 0 bridgehead atoms. The molecule has 170 valence electrons. The first kappa shape index (κ1) is 23.2. The summed E-state index contributed by atoms with van der Waals surface area (Å²) in [4.78, 5) is 0. The molecule has 1 aliphatic heterocycles. The monoisotopic (exact) mass is 444 g/mol. The van der Waals surface area contributed by atoms with Crippen LogP contribution in [0, 0.1) is 6.92 Å². The van der Waals surface area contributed by atoms with Gasteiger partial charge in [-0.15, -0.1) is 0 Å². The van der Waals surface area contributed by atoms with Crippen LogP contribution in [0.5, 0.6) is 0 Å². The number of nitrogens with zero attached hydrogens (tertiary/aromatic N) is 1. The van der Waals surface area contributed by atoms with E-state index in [1.807, 2.05) is 0 Å². The normalized spacial score (nSPS) is 16.7. The van der Waals surface area contributed by atoms with Crippen molar-refractivity contribution in [2.75, 3.05) is 0 Å². The van der Waals surface area contributed by atoms with Crippen molar-refractivity contribution in [1.29, 1.82) is 0 Å². The highest BCUT2D eigenvalue weighted by atomic mass is 28.3. The highest BCUT2D eigenvalue weighted by Crippen LogP contribution is 2.38. The molecule has 1 aromatic heterocycles. The van der Waals surface area contributed by atoms with Crippen LogP contribution in [0.25, 0.3) is 22.0 Å². The maximum absolute atomic E-state index is 2.59. The molecule has 0 radical (unpaired) electrons. The molecule has 1 saturated heterocycles. The van der Waals surface area contributed by atoms with Gasteiger partial charge in [-0.2, -0.15) is 0 Å². The third kappa shape index (κ3) is 4.07. The van der Waals surface area contributed by atoms with E-state index < -0.39 is 8.07 Å². The summed E-state index contributed by atoms with van der Waals surface area (Å²) in [5, 5.41) is 4.43. The molecule has 0 spiro atoms. The third-order valence-corrected chi connectivity index (χ3v) is 12.5. The molecule has 1 aliphatic rings. The van der Waals surface area contributed by atoms with Crippen LogP contribution < -0.4 is 9.75 Å². The lowest BCUT2D eigenvalue weighted by Gasteiger charge is -2.28. The molecule has 0 amide bonds. The SMILES string of the molecule is Cc1c(-c2c3ccc([Si]4(C)CCCC4)cc3cc[n+]2C)cc(C(C)(C)C)cc1C(C)(C)C. The number of fused-ring (bicyclic) bond motifs is 1. The van der Waals surface area contributed by atoms with Crippen molar-refractivity contribution in [1.82, 2.24) is 0 Å². The van der Waals surface area contributed by atoms with Crippen LogP contribution in [0.2, 0.25) is 18.6 Å². The number of pyridine rings is 1. The van der Waals surface area contributed by atoms with Crippen LogP contribution in [-0.4, -0.2) is 8.07 Å². The molecule has 3 aromatic rings. The van der Waals surface area contributed by atoms with Gasteiger partial charge in [0.2, 0.25) is 5.69 Å². The lowest BCUT2D eigenvalue weighted by atomic mass is 9.76. The Morgan fingerprint density at radius 1 is 0.844 bits per heavy atom. The van der Waals surface area contributed by atoms with E-state index in [0.29, 0.717) is 0 Å². The summed E-state index contributed by atoms with van der Waals surface area (Å²) in [6.07, 6.45) is 5.11. The molecule has 32 heavy (non-hydrogen) atoms. The van der Waals surface area contributed by atoms with Crippen LogP contribution in [0.3, 0.4) is 0 Å². The second kappa shape index (κ2) is 7.83. The lowest BCUT2D eigenvalue weighted by Crippen LogP contribution is -2.41. The molecule has 2 aromatic carbocycles. The van der Waals surface area contributed by atoms with E-state index in [1.54, 1.807) is 5.19 Å². The Kier molecular flexibility index (Phi) is 5.69. The smallest absolute Gasteiger partial charge is 0.200 e. The average Bonchev–Trinajstić information content (AvgIpc) is 3.14. The Morgan fingerprint density at radius 3 is 2.09 bits per heavy atom. The van der Waals surface area contributed by atoms with Crippen LogP contribution in [-0.2, 0) is 17.9 Å². The summed E-state index contributed by atoms with van der Waals surface area (Å²) in [6.45, 7) is 18.9. The number of benzene rings is 2. The third-order valence-electron chi connectivity index (χ3n) is 7.88. The summed E-state index contributed by atoms with van der Waals surface area (Å²) < 4.78 is 2.33. The molecule has 1 fully saturated rings. The highest BCUT2D eigenvalue weighted by Gasteiger charge is 2.33. The van der Waals surface area contributed by atoms with Gasteiger partial charge in [-0.1, -0.05) is 96.4 Å².